The number of pyridine rings is 1. The van der Waals surface area contributed by atoms with Crippen molar-refractivity contribution in [3.05, 3.63) is 23.0 Å². The Bertz CT molecular complexity index is 796. The number of carbonyl (C=O) groups excluding carboxylic acids is 1. The fraction of sp³-hybridized carbons (Fsp3) is 0.500. The molecule has 0 unspecified atom stereocenters. The maximum Gasteiger partial charge on any atom is 0.308 e. The predicted octanol–water partition coefficient (Wildman–Crippen LogP) is 1.52. The Labute approximate surface area is 133 Å². The van der Waals surface area contributed by atoms with Gasteiger partial charge in [0.25, 0.3) is 5.91 Å². The van der Waals surface area contributed by atoms with E-state index in [0.717, 1.165) is 16.8 Å². The third-order valence-electron chi connectivity index (χ3n) is 4.39. The number of aliphatic carboxylic acids is 1. The number of hydrogen-bond donors (Lipinski definition) is 1. The summed E-state index contributed by atoms with van der Waals surface area (Å²) in [6, 6.07) is 1.77. The number of hydrogen-bond acceptors (Lipinski definition) is 4. The summed E-state index contributed by atoms with van der Waals surface area (Å²) in [5, 5.41) is 14.3. The van der Waals surface area contributed by atoms with Crippen molar-refractivity contribution in [1.82, 2.24) is 19.7 Å². The van der Waals surface area contributed by atoms with Crippen LogP contribution >= 0.6 is 0 Å². The lowest BCUT2D eigenvalue weighted by molar-refractivity contribution is -0.143. The molecule has 0 radical (unpaired) electrons. The van der Waals surface area contributed by atoms with Crippen molar-refractivity contribution < 1.29 is 14.7 Å². The van der Waals surface area contributed by atoms with Crippen molar-refractivity contribution in [1.29, 1.82) is 0 Å². The average molecular weight is 316 g/mol. The molecule has 0 aromatic carbocycles. The van der Waals surface area contributed by atoms with Crippen LogP contribution in [-0.4, -0.2) is 49.7 Å². The standard InChI is InChI=1S/C16H20N4O3/c1-9-7-12(13-10(2)18-19(3)14(13)17-9)15(21)20-6-4-5-11(8-20)16(22)23/h7,11H,4-6,8H2,1-3H3,(H,22,23)/t11-/m0/s1. The van der Waals surface area contributed by atoms with Crippen LogP contribution in [0.15, 0.2) is 6.07 Å². The van der Waals surface area contributed by atoms with Crippen LogP contribution in [-0.2, 0) is 11.8 Å². The van der Waals surface area contributed by atoms with Gasteiger partial charge in [0.05, 0.1) is 22.6 Å². The quantitative estimate of drug-likeness (QED) is 0.907. The van der Waals surface area contributed by atoms with E-state index in [1.807, 2.05) is 13.8 Å². The highest BCUT2D eigenvalue weighted by molar-refractivity contribution is 6.06. The summed E-state index contributed by atoms with van der Waals surface area (Å²) in [5.74, 6) is -1.46. The zero-order valence-corrected chi connectivity index (χ0v) is 13.5. The van der Waals surface area contributed by atoms with Crippen molar-refractivity contribution in [2.45, 2.75) is 26.7 Å². The van der Waals surface area contributed by atoms with Crippen molar-refractivity contribution in [3.63, 3.8) is 0 Å². The molecule has 1 N–H and O–H groups in total. The molecule has 1 amide bonds. The molecule has 23 heavy (non-hydrogen) atoms. The van der Waals surface area contributed by atoms with Gasteiger partial charge in [-0.1, -0.05) is 0 Å². The van der Waals surface area contributed by atoms with E-state index in [-0.39, 0.29) is 12.5 Å². The Morgan fingerprint density at radius 3 is 2.78 bits per heavy atom. The lowest BCUT2D eigenvalue weighted by atomic mass is 9.97. The molecule has 1 saturated heterocycles. The van der Waals surface area contributed by atoms with Gasteiger partial charge >= 0.3 is 5.97 Å². The number of piperidine rings is 1. The molecule has 7 heteroatoms. The number of rotatable bonds is 2. The van der Waals surface area contributed by atoms with E-state index >= 15 is 0 Å². The Kier molecular flexibility index (Phi) is 3.79. The second-order valence-corrected chi connectivity index (χ2v) is 6.15. The summed E-state index contributed by atoms with van der Waals surface area (Å²) in [7, 11) is 1.80. The van der Waals surface area contributed by atoms with Crippen LogP contribution in [0.5, 0.6) is 0 Å². The number of nitrogens with zero attached hydrogens (tertiary/aromatic N) is 4. The van der Waals surface area contributed by atoms with Crippen LogP contribution in [0.2, 0.25) is 0 Å². The van der Waals surface area contributed by atoms with Gasteiger partial charge in [0.15, 0.2) is 5.65 Å². The number of carbonyl (C=O) groups is 2. The first-order valence-corrected chi connectivity index (χ1v) is 7.71. The molecule has 1 aliphatic rings. The van der Waals surface area contributed by atoms with Gasteiger partial charge in [-0.2, -0.15) is 5.10 Å². The molecule has 7 nitrogen and oxygen atoms in total. The van der Waals surface area contributed by atoms with Crippen molar-refractivity contribution in [2.24, 2.45) is 13.0 Å². The lowest BCUT2D eigenvalue weighted by Crippen LogP contribution is -2.42. The zero-order chi connectivity index (χ0) is 16.7. The normalized spacial score (nSPS) is 18.4. The third-order valence-corrected chi connectivity index (χ3v) is 4.39. The van der Waals surface area contributed by atoms with Gasteiger partial charge in [-0.15, -0.1) is 0 Å². The largest absolute Gasteiger partial charge is 0.481 e. The Hall–Kier alpha value is -2.44. The molecule has 0 spiro atoms. The summed E-state index contributed by atoms with van der Waals surface area (Å²) in [6.45, 7) is 4.54. The van der Waals surface area contributed by atoms with Gasteiger partial charge in [-0.3, -0.25) is 14.3 Å². The third kappa shape index (κ3) is 2.67. The van der Waals surface area contributed by atoms with Gasteiger partial charge in [0.1, 0.15) is 0 Å². The number of carboxylic acid groups (broad SMARTS) is 1. The number of aromatic nitrogens is 3. The van der Waals surface area contributed by atoms with Crippen LogP contribution < -0.4 is 0 Å². The van der Waals surface area contributed by atoms with Gasteiger partial charge in [-0.25, -0.2) is 4.98 Å². The number of likely N-dealkylation sites (tertiary alicyclic amines) is 1. The van der Waals surface area contributed by atoms with Crippen LogP contribution in [0.25, 0.3) is 11.0 Å². The molecule has 1 atom stereocenters. The highest BCUT2D eigenvalue weighted by Gasteiger charge is 2.30. The molecule has 1 aliphatic heterocycles. The first-order valence-electron chi connectivity index (χ1n) is 7.71. The minimum atomic E-state index is -0.837. The number of fused-ring (bicyclic) bond motifs is 1. The van der Waals surface area contributed by atoms with E-state index in [9.17, 15) is 14.7 Å². The molecule has 122 valence electrons. The molecule has 3 heterocycles. The average Bonchev–Trinajstić information content (AvgIpc) is 2.80. The Morgan fingerprint density at radius 2 is 2.09 bits per heavy atom. The summed E-state index contributed by atoms with van der Waals surface area (Å²) < 4.78 is 1.67. The van der Waals surface area contributed by atoms with E-state index < -0.39 is 11.9 Å². The van der Waals surface area contributed by atoms with Crippen molar-refractivity contribution in [2.75, 3.05) is 13.1 Å². The maximum absolute atomic E-state index is 13.0. The smallest absolute Gasteiger partial charge is 0.308 e. The molecule has 1 fully saturated rings. The first kappa shape index (κ1) is 15.5. The fourth-order valence-electron chi connectivity index (χ4n) is 3.27. The highest BCUT2D eigenvalue weighted by atomic mass is 16.4. The summed E-state index contributed by atoms with van der Waals surface area (Å²) >= 11 is 0. The summed E-state index contributed by atoms with van der Waals surface area (Å²) in [6.07, 6.45) is 1.33. The fourth-order valence-corrected chi connectivity index (χ4v) is 3.27. The summed E-state index contributed by atoms with van der Waals surface area (Å²) in [5.41, 5.74) is 2.74. The SMILES string of the molecule is Cc1cc(C(=O)N2CCC[C@H](C(=O)O)C2)c2c(C)nn(C)c2n1. The van der Waals surface area contributed by atoms with E-state index in [0.29, 0.717) is 30.6 Å². The second kappa shape index (κ2) is 5.64. The molecule has 0 saturated carbocycles. The summed E-state index contributed by atoms with van der Waals surface area (Å²) in [4.78, 5) is 30.3. The molecule has 3 rings (SSSR count). The van der Waals surface area contributed by atoms with Gasteiger partial charge in [0, 0.05) is 25.8 Å². The van der Waals surface area contributed by atoms with Crippen LogP contribution in [0.1, 0.15) is 34.6 Å². The van der Waals surface area contributed by atoms with Crippen molar-refractivity contribution >= 4 is 22.9 Å². The van der Waals surface area contributed by atoms with E-state index in [4.69, 9.17) is 0 Å². The molecule has 0 aliphatic carbocycles. The van der Waals surface area contributed by atoms with E-state index in [2.05, 4.69) is 10.1 Å². The number of aryl methyl sites for hydroxylation is 3. The molecular formula is C16H20N4O3. The zero-order valence-electron chi connectivity index (χ0n) is 13.5. The monoisotopic (exact) mass is 316 g/mol. The Balaban J connectivity index is 2.02. The van der Waals surface area contributed by atoms with Crippen LogP contribution in [0.3, 0.4) is 0 Å². The maximum atomic E-state index is 13.0. The number of amides is 1. The highest BCUT2D eigenvalue weighted by Crippen LogP contribution is 2.25. The molecule has 0 bridgehead atoms. The molecular weight excluding hydrogens is 296 g/mol. The Morgan fingerprint density at radius 1 is 1.35 bits per heavy atom. The van der Waals surface area contributed by atoms with Gasteiger partial charge in [-0.05, 0) is 32.8 Å². The minimum absolute atomic E-state index is 0.137. The number of carboxylic acids is 1. The van der Waals surface area contributed by atoms with Crippen LogP contribution in [0, 0.1) is 19.8 Å². The predicted molar refractivity (Wildman–Crippen MR) is 84.2 cm³/mol. The van der Waals surface area contributed by atoms with Gasteiger partial charge in [0.2, 0.25) is 0 Å². The lowest BCUT2D eigenvalue weighted by Gasteiger charge is -2.31. The van der Waals surface area contributed by atoms with Gasteiger partial charge < -0.3 is 10.0 Å². The first-order chi connectivity index (χ1) is 10.9. The topological polar surface area (TPSA) is 88.3 Å². The van der Waals surface area contributed by atoms with Crippen molar-refractivity contribution in [3.8, 4) is 0 Å². The van der Waals surface area contributed by atoms with E-state index in [1.54, 1.807) is 22.7 Å². The molecule has 2 aromatic heterocycles. The molecule has 2 aromatic rings. The van der Waals surface area contributed by atoms with Crippen LogP contribution in [0.4, 0.5) is 0 Å². The van der Waals surface area contributed by atoms with E-state index in [1.165, 1.54) is 0 Å². The minimum Gasteiger partial charge on any atom is -0.481 e. The second-order valence-electron chi connectivity index (χ2n) is 6.15.